The second kappa shape index (κ2) is 12.2. The van der Waals surface area contributed by atoms with E-state index in [1.54, 1.807) is 18.3 Å². The van der Waals surface area contributed by atoms with E-state index in [0.717, 1.165) is 28.1 Å². The zero-order valence-electron chi connectivity index (χ0n) is 22.6. The monoisotopic (exact) mass is 553 g/mol. The van der Waals surface area contributed by atoms with Gasteiger partial charge in [-0.3, -0.25) is 4.79 Å². The number of rotatable bonds is 11. The van der Waals surface area contributed by atoms with Gasteiger partial charge in [-0.25, -0.2) is 14.4 Å². The zero-order valence-corrected chi connectivity index (χ0v) is 22.6. The fourth-order valence-electron chi connectivity index (χ4n) is 4.18. The molecule has 1 amide bonds. The maximum absolute atomic E-state index is 13.7. The van der Waals surface area contributed by atoms with Crippen LogP contribution in [-0.4, -0.2) is 66.2 Å². The number of alkyl halides is 2. The summed E-state index contributed by atoms with van der Waals surface area (Å²) in [5, 5.41) is 3.94. The minimum Gasteiger partial charge on any atom is -0.370 e. The number of carbonyl (C=O) groups is 1. The molecule has 12 heteroatoms. The number of carbonyl (C=O) groups excluding carboxylic acids is 1. The number of hydrogen-bond acceptors (Lipinski definition) is 7. The minimum atomic E-state index is -3.26. The second-order valence-electron chi connectivity index (χ2n) is 9.34. The van der Waals surface area contributed by atoms with Crippen molar-refractivity contribution in [3.05, 3.63) is 73.3 Å². The van der Waals surface area contributed by atoms with Gasteiger partial charge in [0.1, 0.15) is 5.69 Å². The number of aryl methyl sites for hydroxylation is 1. The molecule has 4 aromatic rings. The van der Waals surface area contributed by atoms with Gasteiger partial charge in [-0.05, 0) is 32.3 Å². The summed E-state index contributed by atoms with van der Waals surface area (Å²) >= 11 is 0. The molecular weight excluding hydrogens is 523 g/mol. The highest BCUT2D eigenvalue weighted by Gasteiger charge is 2.25. The molecule has 2 heterocycles. The Kier molecular flexibility index (Phi) is 8.70. The number of halogens is 3. The molecule has 0 aliphatic rings. The molecular formula is C28H30F3N7O2. The van der Waals surface area contributed by atoms with E-state index in [4.69, 9.17) is 9.82 Å². The predicted octanol–water partition coefficient (Wildman–Crippen LogP) is 5.35. The summed E-state index contributed by atoms with van der Waals surface area (Å²) in [6.45, 7) is 1.12. The molecule has 40 heavy (non-hydrogen) atoms. The Balaban J connectivity index is 1.90. The first-order valence-electron chi connectivity index (χ1n) is 12.3. The van der Waals surface area contributed by atoms with Gasteiger partial charge in [0, 0.05) is 49.8 Å². The summed E-state index contributed by atoms with van der Waals surface area (Å²) in [5.41, 5.74) is 2.85. The van der Waals surface area contributed by atoms with Crippen molar-refractivity contribution in [1.29, 1.82) is 0 Å². The Bertz CT molecular complexity index is 1520. The standard InChI is InChI=1S/C28H30F3N7O2/c1-18(29)26(39)33-21-11-7-9-13-23(21)38(40-27(30)31)28-32-16-24(36(4)15-14-35(2)3)25(34-28)20-17-37(5)22-12-8-6-10-19(20)22/h6-13,16-17,27H,1,14-15H2,2-5H3,(H,33,39). The number of amides is 1. The van der Waals surface area contributed by atoms with E-state index in [1.165, 1.54) is 12.1 Å². The summed E-state index contributed by atoms with van der Waals surface area (Å²) in [7, 11) is 7.74. The van der Waals surface area contributed by atoms with E-state index in [2.05, 4.69) is 16.9 Å². The summed E-state index contributed by atoms with van der Waals surface area (Å²) in [5.74, 6) is -2.58. The van der Waals surface area contributed by atoms with Crippen LogP contribution >= 0.6 is 0 Å². The van der Waals surface area contributed by atoms with Gasteiger partial charge in [0.25, 0.3) is 11.9 Å². The highest BCUT2D eigenvalue weighted by molar-refractivity contribution is 6.04. The Morgan fingerprint density at radius 1 is 1.07 bits per heavy atom. The minimum absolute atomic E-state index is 0.00515. The van der Waals surface area contributed by atoms with E-state index >= 15 is 0 Å². The number of hydrogen-bond donors (Lipinski definition) is 1. The number of anilines is 4. The maximum Gasteiger partial charge on any atom is 0.365 e. The van der Waals surface area contributed by atoms with E-state index in [9.17, 15) is 18.0 Å². The molecule has 9 nitrogen and oxygen atoms in total. The average Bonchev–Trinajstić information content (AvgIpc) is 3.26. The van der Waals surface area contributed by atoms with E-state index in [-0.39, 0.29) is 17.3 Å². The quantitative estimate of drug-likeness (QED) is 0.198. The topological polar surface area (TPSA) is 78.8 Å². The predicted molar refractivity (Wildman–Crippen MR) is 150 cm³/mol. The lowest BCUT2D eigenvalue weighted by molar-refractivity contribution is -0.130. The van der Waals surface area contributed by atoms with Crippen molar-refractivity contribution < 1.29 is 22.8 Å². The normalized spacial score (nSPS) is 11.3. The van der Waals surface area contributed by atoms with Gasteiger partial charge >= 0.3 is 6.61 Å². The van der Waals surface area contributed by atoms with Gasteiger partial charge in [0.15, 0.2) is 5.83 Å². The van der Waals surface area contributed by atoms with Crippen LogP contribution in [-0.2, 0) is 16.7 Å². The van der Waals surface area contributed by atoms with Crippen molar-refractivity contribution in [2.24, 2.45) is 7.05 Å². The number of nitrogens with one attached hydrogen (secondary N) is 1. The van der Waals surface area contributed by atoms with E-state index in [1.807, 2.05) is 73.0 Å². The van der Waals surface area contributed by atoms with E-state index < -0.39 is 18.3 Å². The first kappa shape index (κ1) is 28.6. The molecule has 0 saturated carbocycles. The second-order valence-corrected chi connectivity index (χ2v) is 9.34. The molecule has 1 N–H and O–H groups in total. The van der Waals surface area contributed by atoms with Gasteiger partial charge in [-0.1, -0.05) is 36.9 Å². The molecule has 0 spiro atoms. The van der Waals surface area contributed by atoms with Crippen molar-refractivity contribution in [3.8, 4) is 11.3 Å². The third kappa shape index (κ3) is 6.24. The molecule has 210 valence electrons. The molecule has 0 bridgehead atoms. The van der Waals surface area contributed by atoms with Crippen LogP contribution in [0.25, 0.3) is 22.2 Å². The van der Waals surface area contributed by atoms with Crippen molar-refractivity contribution >= 4 is 39.8 Å². The Morgan fingerprint density at radius 2 is 1.77 bits per heavy atom. The van der Waals surface area contributed by atoms with Crippen LogP contribution in [0.3, 0.4) is 0 Å². The highest BCUT2D eigenvalue weighted by atomic mass is 19.3. The average molecular weight is 554 g/mol. The van der Waals surface area contributed by atoms with Crippen LogP contribution in [0, 0.1) is 0 Å². The maximum atomic E-state index is 13.7. The SMILES string of the molecule is C=C(F)C(=O)Nc1ccccc1N(OC(F)F)c1ncc(N(C)CCN(C)C)c(-c2cn(C)c3ccccc23)n1. The van der Waals surface area contributed by atoms with Crippen molar-refractivity contribution in [3.63, 3.8) is 0 Å². The summed E-state index contributed by atoms with van der Waals surface area (Å²) < 4.78 is 42.8. The molecule has 0 radical (unpaired) electrons. The molecule has 0 fully saturated rings. The molecule has 0 atom stereocenters. The van der Waals surface area contributed by atoms with Gasteiger partial charge in [-0.15, -0.1) is 0 Å². The fourth-order valence-corrected chi connectivity index (χ4v) is 4.18. The summed E-state index contributed by atoms with van der Waals surface area (Å²) in [4.78, 5) is 30.0. The number of benzene rings is 2. The lowest BCUT2D eigenvalue weighted by Crippen LogP contribution is -2.29. The van der Waals surface area contributed by atoms with Gasteiger partial charge in [0.05, 0.1) is 23.3 Å². The van der Waals surface area contributed by atoms with Crippen LogP contribution in [0.1, 0.15) is 0 Å². The lowest BCUT2D eigenvalue weighted by atomic mass is 10.1. The number of nitrogens with zero attached hydrogens (tertiary/aromatic N) is 6. The molecule has 2 aromatic carbocycles. The fraction of sp³-hybridized carbons (Fsp3) is 0.250. The van der Waals surface area contributed by atoms with Gasteiger partial charge in [0.2, 0.25) is 0 Å². The van der Waals surface area contributed by atoms with Crippen LogP contribution in [0.15, 0.2) is 73.3 Å². The Labute approximate surface area is 230 Å². The largest absolute Gasteiger partial charge is 0.370 e. The number of para-hydroxylation sites is 3. The molecule has 0 aliphatic heterocycles. The van der Waals surface area contributed by atoms with E-state index in [0.29, 0.717) is 17.9 Å². The third-order valence-corrected chi connectivity index (χ3v) is 6.19. The number of likely N-dealkylation sites (N-methyl/N-ethyl adjacent to an activating group) is 2. The highest BCUT2D eigenvalue weighted by Crippen LogP contribution is 2.38. The van der Waals surface area contributed by atoms with Crippen molar-refractivity contribution in [1.82, 2.24) is 19.4 Å². The first-order chi connectivity index (χ1) is 19.1. The molecule has 0 unspecified atom stereocenters. The smallest absolute Gasteiger partial charge is 0.365 e. The lowest BCUT2D eigenvalue weighted by Gasteiger charge is -2.26. The summed E-state index contributed by atoms with van der Waals surface area (Å²) in [6, 6.07) is 13.7. The van der Waals surface area contributed by atoms with Crippen LogP contribution < -0.4 is 15.3 Å². The van der Waals surface area contributed by atoms with Gasteiger partial charge in [-0.2, -0.15) is 18.7 Å². The molecule has 0 saturated heterocycles. The van der Waals surface area contributed by atoms with Crippen LogP contribution in [0.2, 0.25) is 0 Å². The van der Waals surface area contributed by atoms with Gasteiger partial charge < -0.3 is 19.7 Å². The molecule has 2 aromatic heterocycles. The Morgan fingerprint density at radius 3 is 2.48 bits per heavy atom. The molecule has 0 aliphatic carbocycles. The summed E-state index contributed by atoms with van der Waals surface area (Å²) in [6.07, 6.45) is 3.46. The van der Waals surface area contributed by atoms with Crippen LogP contribution in [0.5, 0.6) is 0 Å². The first-order valence-corrected chi connectivity index (χ1v) is 12.3. The van der Waals surface area contributed by atoms with Crippen molar-refractivity contribution in [2.75, 3.05) is 49.5 Å². The zero-order chi connectivity index (χ0) is 29.0. The Hall–Kier alpha value is -4.42. The molecule has 4 rings (SSSR count). The number of fused-ring (bicyclic) bond motifs is 1. The third-order valence-electron chi connectivity index (χ3n) is 6.19. The van der Waals surface area contributed by atoms with Crippen molar-refractivity contribution in [2.45, 2.75) is 6.61 Å². The number of aromatic nitrogens is 3. The van der Waals surface area contributed by atoms with Crippen LogP contribution in [0.4, 0.5) is 36.2 Å².